The van der Waals surface area contributed by atoms with E-state index < -0.39 is 6.03 Å². The van der Waals surface area contributed by atoms with Crippen molar-refractivity contribution in [1.29, 1.82) is 0 Å². The van der Waals surface area contributed by atoms with E-state index in [0.717, 1.165) is 6.42 Å². The lowest BCUT2D eigenvalue weighted by Gasteiger charge is -2.07. The van der Waals surface area contributed by atoms with Crippen molar-refractivity contribution in [3.63, 3.8) is 0 Å². The monoisotopic (exact) mass is 157 g/mol. The average molecular weight is 157 g/mol. The molecule has 5 heteroatoms. The highest BCUT2D eigenvalue weighted by atomic mass is 16.3. The Morgan fingerprint density at radius 2 is 2.36 bits per heavy atom. The summed E-state index contributed by atoms with van der Waals surface area (Å²) in [5, 5.41) is 3.12. The summed E-state index contributed by atoms with van der Waals surface area (Å²) < 4.78 is 0. The molecule has 0 aliphatic heterocycles. The fraction of sp³-hybridized carbons (Fsp3) is 0.500. The average Bonchev–Trinajstić information content (AvgIpc) is 1.97. The van der Waals surface area contributed by atoms with Crippen molar-refractivity contribution in [3.05, 3.63) is 17.6 Å². The number of hydrogen-bond donors (Lipinski definition) is 1. The van der Waals surface area contributed by atoms with Gasteiger partial charge in [0.1, 0.15) is 0 Å². The maximum absolute atomic E-state index is 10.4. The van der Waals surface area contributed by atoms with Crippen LogP contribution in [0.25, 0.3) is 0 Å². The van der Waals surface area contributed by atoms with E-state index in [-0.39, 0.29) is 6.54 Å². The van der Waals surface area contributed by atoms with Crippen LogP contribution < -0.4 is 5.73 Å². The molecule has 0 fully saturated rings. The second-order valence-corrected chi connectivity index (χ2v) is 1.97. The zero-order chi connectivity index (χ0) is 8.69. The molecule has 0 bridgehead atoms. The van der Waals surface area contributed by atoms with E-state index in [1.165, 1.54) is 0 Å². The van der Waals surface area contributed by atoms with E-state index in [2.05, 4.69) is 11.9 Å². The molecule has 0 unspecified atom stereocenters. The third-order valence-electron chi connectivity index (χ3n) is 1.13. The molecule has 5 nitrogen and oxygen atoms in total. The van der Waals surface area contributed by atoms with Crippen LogP contribution in [-0.4, -0.2) is 17.6 Å². The summed E-state index contributed by atoms with van der Waals surface area (Å²) in [7, 11) is 0. The molecule has 0 rings (SSSR count). The molecule has 0 radical (unpaired) electrons. The van der Waals surface area contributed by atoms with Gasteiger partial charge in [-0.15, -0.1) is 11.5 Å². The molecule has 0 aromatic carbocycles. The highest BCUT2D eigenvalue weighted by Gasteiger charge is 2.06. The number of nitroso groups, excluding NO2 is 1. The van der Waals surface area contributed by atoms with Crippen molar-refractivity contribution in [2.24, 2.45) is 11.0 Å². The van der Waals surface area contributed by atoms with Gasteiger partial charge in [0.05, 0.1) is 5.29 Å². The van der Waals surface area contributed by atoms with Gasteiger partial charge in [-0.05, 0) is 12.8 Å². The summed E-state index contributed by atoms with van der Waals surface area (Å²) in [5.74, 6) is 0. The Kier molecular flexibility index (Phi) is 4.72. The quantitative estimate of drug-likeness (QED) is 0.280. The highest BCUT2D eigenvalue weighted by molar-refractivity contribution is 5.71. The van der Waals surface area contributed by atoms with Gasteiger partial charge in [0.25, 0.3) is 0 Å². The first-order valence-electron chi connectivity index (χ1n) is 3.23. The van der Waals surface area contributed by atoms with Crippen LogP contribution in [0, 0.1) is 4.91 Å². The lowest BCUT2D eigenvalue weighted by molar-refractivity contribution is 0.208. The summed E-state index contributed by atoms with van der Waals surface area (Å²) in [5.41, 5.74) is 4.80. The molecule has 0 atom stereocenters. The Bertz CT molecular complexity index is 158. The Morgan fingerprint density at radius 1 is 1.73 bits per heavy atom. The van der Waals surface area contributed by atoms with E-state index in [1.807, 2.05) is 0 Å². The molecule has 0 aromatic heterocycles. The first-order chi connectivity index (χ1) is 5.22. The summed E-state index contributed by atoms with van der Waals surface area (Å²) >= 11 is 0. The highest BCUT2D eigenvalue weighted by Crippen LogP contribution is 1.95. The normalized spacial score (nSPS) is 8.73. The summed E-state index contributed by atoms with van der Waals surface area (Å²) in [4.78, 5) is 20.2. The number of amides is 2. The van der Waals surface area contributed by atoms with E-state index in [9.17, 15) is 9.70 Å². The van der Waals surface area contributed by atoms with Crippen molar-refractivity contribution < 1.29 is 4.79 Å². The van der Waals surface area contributed by atoms with E-state index in [0.29, 0.717) is 11.4 Å². The molecule has 2 N–H and O–H groups in total. The van der Waals surface area contributed by atoms with Gasteiger partial charge in [-0.1, -0.05) is 6.08 Å². The molecule has 0 saturated carbocycles. The molecule has 0 heterocycles. The number of hydrogen-bond acceptors (Lipinski definition) is 3. The Hall–Kier alpha value is -1.39. The van der Waals surface area contributed by atoms with Crippen LogP contribution in [0.3, 0.4) is 0 Å². The molecule has 2 amide bonds. The van der Waals surface area contributed by atoms with Gasteiger partial charge in [-0.3, -0.25) is 0 Å². The van der Waals surface area contributed by atoms with E-state index >= 15 is 0 Å². The third kappa shape index (κ3) is 4.07. The Labute approximate surface area is 64.8 Å². The van der Waals surface area contributed by atoms with Gasteiger partial charge in [-0.2, -0.15) is 5.01 Å². The Morgan fingerprint density at radius 3 is 2.73 bits per heavy atom. The maximum Gasteiger partial charge on any atom is 0.337 e. The van der Waals surface area contributed by atoms with Crippen molar-refractivity contribution in [3.8, 4) is 0 Å². The van der Waals surface area contributed by atoms with Crippen LogP contribution in [0.15, 0.2) is 17.9 Å². The molecular formula is C6H11N3O2. The van der Waals surface area contributed by atoms with Crippen molar-refractivity contribution in [2.75, 3.05) is 6.54 Å². The number of primary amides is 1. The molecule has 62 valence electrons. The van der Waals surface area contributed by atoms with Gasteiger partial charge < -0.3 is 5.73 Å². The molecule has 0 aromatic rings. The number of carbonyl (C=O) groups is 1. The number of urea groups is 1. The summed E-state index contributed by atoms with van der Waals surface area (Å²) in [6.07, 6.45) is 3.08. The third-order valence-corrected chi connectivity index (χ3v) is 1.13. The van der Waals surface area contributed by atoms with E-state index in [1.54, 1.807) is 6.08 Å². The van der Waals surface area contributed by atoms with Gasteiger partial charge in [-0.25, -0.2) is 4.79 Å². The number of nitrogens with two attached hydrogens (primary N) is 1. The number of allylic oxidation sites excluding steroid dienone is 1. The number of rotatable bonds is 5. The van der Waals surface area contributed by atoms with Crippen LogP contribution in [0.2, 0.25) is 0 Å². The molecule has 0 spiro atoms. The molecule has 11 heavy (non-hydrogen) atoms. The minimum Gasteiger partial charge on any atom is -0.350 e. The van der Waals surface area contributed by atoms with Crippen LogP contribution >= 0.6 is 0 Å². The Balaban J connectivity index is 3.60. The lowest BCUT2D eigenvalue weighted by Crippen LogP contribution is -2.31. The smallest absolute Gasteiger partial charge is 0.337 e. The van der Waals surface area contributed by atoms with Crippen LogP contribution in [0.4, 0.5) is 4.79 Å². The fourth-order valence-electron chi connectivity index (χ4n) is 0.577. The van der Waals surface area contributed by atoms with Gasteiger partial charge in [0.2, 0.25) is 0 Å². The van der Waals surface area contributed by atoms with E-state index in [4.69, 9.17) is 5.73 Å². The largest absolute Gasteiger partial charge is 0.350 e. The van der Waals surface area contributed by atoms with Crippen molar-refractivity contribution >= 4 is 6.03 Å². The van der Waals surface area contributed by atoms with Crippen LogP contribution in [0.1, 0.15) is 12.8 Å². The van der Waals surface area contributed by atoms with Crippen LogP contribution in [0.5, 0.6) is 0 Å². The predicted molar refractivity (Wildman–Crippen MR) is 41.5 cm³/mol. The number of nitrogens with zero attached hydrogens (tertiary/aromatic N) is 2. The minimum absolute atomic E-state index is 0.255. The topological polar surface area (TPSA) is 75.8 Å². The molecule has 0 saturated heterocycles. The fourth-order valence-corrected chi connectivity index (χ4v) is 0.577. The minimum atomic E-state index is -0.816. The van der Waals surface area contributed by atoms with Gasteiger partial charge >= 0.3 is 6.03 Å². The standard InChI is InChI=1S/C6H11N3O2/c1-2-3-4-5-9(8-11)6(7)10/h2H,1,3-5H2,(H2,7,10). The van der Waals surface area contributed by atoms with Gasteiger partial charge in [0.15, 0.2) is 0 Å². The first kappa shape index (κ1) is 9.61. The SMILES string of the molecule is C=CCCCN(N=O)C(N)=O. The molecular weight excluding hydrogens is 146 g/mol. The second kappa shape index (κ2) is 5.40. The second-order valence-electron chi connectivity index (χ2n) is 1.97. The zero-order valence-electron chi connectivity index (χ0n) is 6.19. The molecule has 0 aliphatic rings. The summed E-state index contributed by atoms with van der Waals surface area (Å²) in [6, 6.07) is -0.816. The summed E-state index contributed by atoms with van der Waals surface area (Å²) in [6.45, 7) is 3.74. The predicted octanol–water partition coefficient (Wildman–Crippen LogP) is 1.01. The zero-order valence-corrected chi connectivity index (χ0v) is 6.19. The van der Waals surface area contributed by atoms with Gasteiger partial charge in [0, 0.05) is 6.54 Å². The lowest BCUT2D eigenvalue weighted by atomic mass is 10.3. The molecule has 0 aliphatic carbocycles. The maximum atomic E-state index is 10.4. The number of unbranched alkanes of at least 4 members (excludes halogenated alkanes) is 1. The van der Waals surface area contributed by atoms with Crippen LogP contribution in [-0.2, 0) is 0 Å². The number of carbonyl (C=O) groups excluding carboxylic acids is 1. The first-order valence-corrected chi connectivity index (χ1v) is 3.23. The van der Waals surface area contributed by atoms with Crippen molar-refractivity contribution in [1.82, 2.24) is 5.01 Å². The van der Waals surface area contributed by atoms with Crippen molar-refractivity contribution in [2.45, 2.75) is 12.8 Å².